The van der Waals surface area contributed by atoms with Crippen molar-refractivity contribution in [3.05, 3.63) is 97.6 Å². The highest BCUT2D eigenvalue weighted by molar-refractivity contribution is 7.72. The Hall–Kier alpha value is -5.15. The monoisotopic (exact) mass is 848 g/mol. The van der Waals surface area contributed by atoms with E-state index in [2.05, 4.69) is 20.2 Å². The second kappa shape index (κ2) is 16.4. The third-order valence-corrected chi connectivity index (χ3v) is 10.9. The Morgan fingerprint density at radius 3 is 1.88 bits per heavy atom. The fourth-order valence-electron chi connectivity index (χ4n) is 6.89. The van der Waals surface area contributed by atoms with E-state index in [0.717, 1.165) is 43.9 Å². The Labute approximate surface area is 343 Å². The van der Waals surface area contributed by atoms with Gasteiger partial charge in [-0.05, 0) is 75.0 Å². The molecule has 2 atom stereocenters. The third kappa shape index (κ3) is 7.54. The van der Waals surface area contributed by atoms with Gasteiger partial charge in [-0.25, -0.2) is 18.1 Å². The second-order valence-electron chi connectivity index (χ2n) is 13.3. The van der Waals surface area contributed by atoms with Crippen LogP contribution in [0.3, 0.4) is 0 Å². The molecule has 0 aliphatic carbocycles. The van der Waals surface area contributed by atoms with E-state index in [9.17, 15) is 8.78 Å². The van der Waals surface area contributed by atoms with Crippen molar-refractivity contribution in [2.75, 3.05) is 18.9 Å². The molecule has 9 rings (SSSR count). The number of nitrogen functional groups attached to an aromatic ring is 1. The number of nitrogens with two attached hydrogens (primary N) is 1. The first-order valence-electron chi connectivity index (χ1n) is 18.0. The zero-order chi connectivity index (χ0) is 39.8. The van der Waals surface area contributed by atoms with Gasteiger partial charge < -0.3 is 34.6 Å². The topological polar surface area (TPSA) is 154 Å². The SMILES string of the molecule is Fc1cc2c(cnn2C2CCCCO2)c(Oc2cccc3c(=S)[nH]c(=S)[nH]c23)c1Cl.N#Cc1cccc(Oc2c(Cl)c(F)cc3c2cnn3C2CCCCO2)c1N. The van der Waals surface area contributed by atoms with E-state index in [4.69, 9.17) is 77.6 Å². The van der Waals surface area contributed by atoms with E-state index < -0.39 is 11.6 Å². The molecular weight excluding hydrogens is 818 g/mol. The number of hydrogen-bond acceptors (Lipinski definition) is 10. The molecule has 18 heteroatoms. The maximum atomic E-state index is 14.7. The number of para-hydroxylation sites is 2. The molecule has 57 heavy (non-hydrogen) atoms. The fraction of sp³-hybridized carbons (Fsp3) is 0.256. The van der Waals surface area contributed by atoms with Crippen LogP contribution in [-0.2, 0) is 9.47 Å². The van der Waals surface area contributed by atoms with Gasteiger partial charge in [-0.15, -0.1) is 0 Å². The molecule has 7 aromatic rings. The summed E-state index contributed by atoms with van der Waals surface area (Å²) >= 11 is 23.0. The number of H-pyrrole nitrogens is 2. The summed E-state index contributed by atoms with van der Waals surface area (Å²) in [5.74, 6) is -0.289. The maximum Gasteiger partial charge on any atom is 0.176 e. The van der Waals surface area contributed by atoms with E-state index in [1.165, 1.54) is 12.1 Å². The number of halogens is 4. The number of nitrogens with zero attached hydrogens (tertiary/aromatic N) is 5. The first-order chi connectivity index (χ1) is 27.6. The van der Waals surface area contributed by atoms with Crippen molar-refractivity contribution in [1.82, 2.24) is 29.5 Å². The van der Waals surface area contributed by atoms with Crippen molar-refractivity contribution in [2.24, 2.45) is 0 Å². The molecule has 2 fully saturated rings. The molecule has 0 radical (unpaired) electrons. The molecule has 2 aliphatic heterocycles. The lowest BCUT2D eigenvalue weighted by atomic mass is 10.1. The van der Waals surface area contributed by atoms with Crippen LogP contribution in [0.5, 0.6) is 23.0 Å². The molecule has 4 aromatic carbocycles. The second-order valence-corrected chi connectivity index (χ2v) is 14.9. The number of benzene rings is 4. The summed E-state index contributed by atoms with van der Waals surface area (Å²) in [6.07, 6.45) is 8.36. The van der Waals surface area contributed by atoms with Crippen molar-refractivity contribution in [3.63, 3.8) is 0 Å². The molecule has 4 N–H and O–H groups in total. The number of rotatable bonds is 6. The van der Waals surface area contributed by atoms with Gasteiger partial charge in [-0.1, -0.05) is 47.6 Å². The standard InChI is InChI=1S/C20H16ClFN4O2S2.C19H16ClFN4O2/c21-16-12(22)8-13-11(9-23-26(13)15-6-1-2-7-27-15)18(16)28-14-5-3-4-10-17(14)24-20(30)25-19(10)29;20-17-13(21)8-14-12(10-24-25(14)16-6-1-2-7-26-16)19(17)27-15-5-3-4-11(9-22)18(15)23/h3-5,8-9,15H,1-2,6-7H2,(H2,24,25,29,30);3-5,8,10,16H,1-2,6-7,23H2. The highest BCUT2D eigenvalue weighted by Crippen LogP contribution is 2.43. The van der Waals surface area contributed by atoms with Gasteiger partial charge in [-0.2, -0.15) is 15.5 Å². The molecule has 2 saturated heterocycles. The fourth-order valence-corrected chi connectivity index (χ4v) is 7.82. The number of anilines is 1. The lowest BCUT2D eigenvalue weighted by molar-refractivity contribution is -0.0368. The van der Waals surface area contributed by atoms with Crippen LogP contribution in [-0.4, -0.2) is 42.7 Å². The van der Waals surface area contributed by atoms with E-state index in [1.54, 1.807) is 52.1 Å². The van der Waals surface area contributed by atoms with E-state index in [1.807, 2.05) is 12.1 Å². The van der Waals surface area contributed by atoms with Crippen molar-refractivity contribution in [2.45, 2.75) is 51.0 Å². The summed E-state index contributed by atoms with van der Waals surface area (Å²) < 4.78 is 57.0. The number of fused-ring (bicyclic) bond motifs is 3. The van der Waals surface area contributed by atoms with Crippen molar-refractivity contribution in [3.8, 4) is 29.1 Å². The van der Waals surface area contributed by atoms with Crippen molar-refractivity contribution < 1.29 is 27.7 Å². The van der Waals surface area contributed by atoms with Gasteiger partial charge in [0, 0.05) is 30.7 Å². The van der Waals surface area contributed by atoms with Crippen molar-refractivity contribution in [1.29, 1.82) is 5.26 Å². The van der Waals surface area contributed by atoms with Gasteiger partial charge in [0.05, 0.1) is 51.0 Å². The van der Waals surface area contributed by atoms with Crippen LogP contribution in [0.15, 0.2) is 60.9 Å². The van der Waals surface area contributed by atoms with Gasteiger partial charge in [0.15, 0.2) is 40.2 Å². The zero-order valence-corrected chi connectivity index (χ0v) is 33.0. The summed E-state index contributed by atoms with van der Waals surface area (Å²) in [6, 6.07) is 14.8. The van der Waals surface area contributed by atoms with Crippen LogP contribution >= 0.6 is 47.6 Å². The Morgan fingerprint density at radius 1 is 0.789 bits per heavy atom. The third-order valence-electron chi connectivity index (χ3n) is 9.71. The largest absolute Gasteiger partial charge is 0.453 e. The minimum Gasteiger partial charge on any atom is -0.453 e. The van der Waals surface area contributed by atoms with Gasteiger partial charge >= 0.3 is 0 Å². The van der Waals surface area contributed by atoms with E-state index in [0.29, 0.717) is 55.7 Å². The summed E-state index contributed by atoms with van der Waals surface area (Å²) in [6.45, 7) is 1.30. The molecule has 3 aromatic heterocycles. The Balaban J connectivity index is 0.000000161. The number of nitriles is 1. The van der Waals surface area contributed by atoms with Crippen molar-refractivity contribution >= 4 is 86.0 Å². The molecule has 0 saturated carbocycles. The van der Waals surface area contributed by atoms with E-state index in [-0.39, 0.29) is 51.0 Å². The highest BCUT2D eigenvalue weighted by Gasteiger charge is 2.25. The average molecular weight is 850 g/mol. The van der Waals surface area contributed by atoms with Crippen LogP contribution in [0.4, 0.5) is 14.5 Å². The molecule has 0 amide bonds. The molecular formula is C39H32Cl2F2N8O4S2. The lowest BCUT2D eigenvalue weighted by Crippen LogP contribution is -2.19. The number of nitrogens with one attached hydrogen (secondary N) is 2. The average Bonchev–Trinajstić information content (AvgIpc) is 3.84. The van der Waals surface area contributed by atoms with Crippen LogP contribution in [0.25, 0.3) is 32.7 Å². The van der Waals surface area contributed by atoms with Gasteiger partial charge in [0.1, 0.15) is 32.4 Å². The smallest absolute Gasteiger partial charge is 0.176 e. The number of ether oxygens (including phenoxy) is 4. The van der Waals surface area contributed by atoms with Crippen LogP contribution in [0.1, 0.15) is 56.5 Å². The Bertz CT molecular complexity index is 2830. The minimum atomic E-state index is -0.633. The summed E-state index contributed by atoms with van der Waals surface area (Å²) in [7, 11) is 0. The molecule has 5 heterocycles. The van der Waals surface area contributed by atoms with Crippen LogP contribution in [0.2, 0.25) is 10.0 Å². The molecule has 12 nitrogen and oxygen atoms in total. The summed E-state index contributed by atoms with van der Waals surface area (Å²) in [4.78, 5) is 5.95. The van der Waals surface area contributed by atoms with Gasteiger partial charge in [0.2, 0.25) is 0 Å². The number of aromatic nitrogens is 6. The quantitative estimate of drug-likeness (QED) is 0.109. The Kier molecular flexibility index (Phi) is 11.1. The molecule has 292 valence electrons. The summed E-state index contributed by atoms with van der Waals surface area (Å²) in [5.41, 5.74) is 8.08. The summed E-state index contributed by atoms with van der Waals surface area (Å²) in [5, 5.41) is 19.5. The van der Waals surface area contributed by atoms with E-state index >= 15 is 0 Å². The number of aromatic amines is 2. The zero-order valence-electron chi connectivity index (χ0n) is 29.9. The lowest BCUT2D eigenvalue weighted by Gasteiger charge is -2.23. The number of hydrogen-bond donors (Lipinski definition) is 3. The maximum absolute atomic E-state index is 14.7. The van der Waals surface area contributed by atoms with Gasteiger partial charge in [0.25, 0.3) is 0 Å². The molecule has 0 bridgehead atoms. The highest BCUT2D eigenvalue weighted by atomic mass is 35.5. The van der Waals surface area contributed by atoms with Crippen LogP contribution < -0.4 is 15.2 Å². The molecule has 2 unspecified atom stereocenters. The van der Waals surface area contributed by atoms with Crippen LogP contribution in [0, 0.1) is 32.4 Å². The first kappa shape index (κ1) is 38.7. The minimum absolute atomic E-state index is 0.107. The predicted molar refractivity (Wildman–Crippen MR) is 217 cm³/mol. The molecule has 0 spiro atoms. The Morgan fingerprint density at radius 2 is 1.33 bits per heavy atom. The normalized spacial score (nSPS) is 17.0. The first-order valence-corrected chi connectivity index (χ1v) is 19.5. The van der Waals surface area contributed by atoms with Gasteiger partial charge in [-0.3, -0.25) is 0 Å². The molecule has 2 aliphatic rings. The predicted octanol–water partition coefficient (Wildman–Crippen LogP) is 11.4.